The van der Waals surface area contributed by atoms with Gasteiger partial charge in [-0.1, -0.05) is 24.3 Å². The Morgan fingerprint density at radius 2 is 1.90 bits per heavy atom. The number of nitrogens with one attached hydrogen (secondary N) is 2. The Morgan fingerprint density at radius 1 is 1.10 bits per heavy atom. The van der Waals surface area contributed by atoms with E-state index in [1.165, 1.54) is 0 Å². The van der Waals surface area contributed by atoms with Gasteiger partial charge in [0.05, 0.1) is 24.5 Å². The largest absolute Gasteiger partial charge is 0.504 e. The number of aromatic hydroxyl groups is 1. The molecule has 0 bridgehead atoms. The molecule has 0 unspecified atom stereocenters. The van der Waals surface area contributed by atoms with Crippen molar-refractivity contribution in [1.82, 2.24) is 20.4 Å². The highest BCUT2D eigenvalue weighted by atomic mass is 16.5. The second kappa shape index (κ2) is 10.5. The van der Waals surface area contributed by atoms with Crippen molar-refractivity contribution in [2.24, 2.45) is 4.99 Å². The standard InChI is InChI=1S/C24H31N5O2/c1-5-25-24(26-15-19-11-12-22(30)23(14-19)31-6-2)27-16-20-9-7-8-10-21(20)29-18(4)13-17(3)28-29/h7-14,30H,5-6,15-16H2,1-4H3,(H2,25,26,27). The summed E-state index contributed by atoms with van der Waals surface area (Å²) in [4.78, 5) is 4.69. The highest BCUT2D eigenvalue weighted by Gasteiger charge is 2.09. The van der Waals surface area contributed by atoms with Crippen LogP contribution in [0.1, 0.15) is 36.4 Å². The molecule has 164 valence electrons. The van der Waals surface area contributed by atoms with Gasteiger partial charge in [-0.2, -0.15) is 5.10 Å². The van der Waals surface area contributed by atoms with Gasteiger partial charge in [-0.15, -0.1) is 0 Å². The monoisotopic (exact) mass is 421 g/mol. The first-order valence-corrected chi connectivity index (χ1v) is 10.6. The zero-order valence-corrected chi connectivity index (χ0v) is 18.6. The summed E-state index contributed by atoms with van der Waals surface area (Å²) in [5.41, 5.74) is 5.24. The number of aliphatic imine (C=N–C) groups is 1. The predicted molar refractivity (Wildman–Crippen MR) is 124 cm³/mol. The van der Waals surface area contributed by atoms with Crippen molar-refractivity contribution in [3.05, 3.63) is 71.0 Å². The van der Waals surface area contributed by atoms with Crippen LogP contribution in [-0.2, 0) is 13.1 Å². The number of nitrogens with zero attached hydrogens (tertiary/aromatic N) is 3. The lowest BCUT2D eigenvalue weighted by Crippen LogP contribution is -2.37. The third kappa shape index (κ3) is 5.78. The summed E-state index contributed by atoms with van der Waals surface area (Å²) in [6.07, 6.45) is 0. The molecule has 1 heterocycles. The molecular formula is C24H31N5O2. The highest BCUT2D eigenvalue weighted by Crippen LogP contribution is 2.27. The zero-order chi connectivity index (χ0) is 22.2. The van der Waals surface area contributed by atoms with Crippen molar-refractivity contribution in [3.63, 3.8) is 0 Å². The van der Waals surface area contributed by atoms with Crippen LogP contribution in [0.2, 0.25) is 0 Å². The summed E-state index contributed by atoms with van der Waals surface area (Å²) in [6, 6.07) is 15.6. The number of phenolic OH excluding ortho intramolecular Hbond substituents is 1. The Labute approximate surface area is 183 Å². The molecule has 0 saturated carbocycles. The first-order valence-electron chi connectivity index (χ1n) is 10.6. The van der Waals surface area contributed by atoms with Gasteiger partial charge in [-0.3, -0.25) is 0 Å². The summed E-state index contributed by atoms with van der Waals surface area (Å²) < 4.78 is 7.44. The van der Waals surface area contributed by atoms with Crippen LogP contribution in [0.4, 0.5) is 0 Å². The summed E-state index contributed by atoms with van der Waals surface area (Å²) >= 11 is 0. The molecule has 7 nitrogen and oxygen atoms in total. The van der Waals surface area contributed by atoms with E-state index in [-0.39, 0.29) is 5.75 Å². The van der Waals surface area contributed by atoms with Gasteiger partial charge in [0.1, 0.15) is 0 Å². The minimum atomic E-state index is 0.139. The van der Waals surface area contributed by atoms with Crippen LogP contribution in [0.25, 0.3) is 5.69 Å². The Morgan fingerprint density at radius 3 is 2.61 bits per heavy atom. The second-order valence-corrected chi connectivity index (χ2v) is 7.25. The second-order valence-electron chi connectivity index (χ2n) is 7.25. The molecule has 0 saturated heterocycles. The maximum atomic E-state index is 9.89. The average Bonchev–Trinajstić information content (AvgIpc) is 3.10. The van der Waals surface area contributed by atoms with E-state index in [0.717, 1.165) is 40.7 Å². The van der Waals surface area contributed by atoms with E-state index in [1.807, 2.05) is 49.7 Å². The SMILES string of the molecule is CCNC(=NCc1ccc(O)c(OCC)c1)NCc1ccccc1-n1nc(C)cc1C. The lowest BCUT2D eigenvalue weighted by atomic mass is 10.1. The molecule has 3 aromatic rings. The summed E-state index contributed by atoms with van der Waals surface area (Å²) in [6.45, 7) is 10.3. The molecule has 0 aliphatic carbocycles. The van der Waals surface area contributed by atoms with Crippen molar-refractivity contribution in [3.8, 4) is 17.2 Å². The fraction of sp³-hybridized carbons (Fsp3) is 0.333. The first kappa shape index (κ1) is 22.2. The summed E-state index contributed by atoms with van der Waals surface area (Å²) in [5.74, 6) is 1.34. The van der Waals surface area contributed by atoms with Crippen molar-refractivity contribution >= 4 is 5.96 Å². The zero-order valence-electron chi connectivity index (χ0n) is 18.6. The number of guanidine groups is 1. The third-order valence-corrected chi connectivity index (χ3v) is 4.76. The van der Waals surface area contributed by atoms with Crippen LogP contribution in [0.3, 0.4) is 0 Å². The molecule has 31 heavy (non-hydrogen) atoms. The lowest BCUT2D eigenvalue weighted by molar-refractivity contribution is 0.318. The van der Waals surface area contributed by atoms with Crippen molar-refractivity contribution in [2.45, 2.75) is 40.8 Å². The third-order valence-electron chi connectivity index (χ3n) is 4.76. The van der Waals surface area contributed by atoms with E-state index >= 15 is 0 Å². The average molecular weight is 422 g/mol. The molecule has 0 atom stereocenters. The van der Waals surface area contributed by atoms with E-state index < -0.39 is 0 Å². The van der Waals surface area contributed by atoms with Gasteiger partial charge >= 0.3 is 0 Å². The first-order chi connectivity index (χ1) is 15.0. The molecule has 0 fully saturated rings. The van der Waals surface area contributed by atoms with Gasteiger partial charge in [-0.05, 0) is 63.1 Å². The molecule has 3 N–H and O–H groups in total. The summed E-state index contributed by atoms with van der Waals surface area (Å²) in [5, 5.41) is 21.2. The number of aryl methyl sites for hydroxylation is 2. The van der Waals surface area contributed by atoms with Crippen LogP contribution in [0, 0.1) is 13.8 Å². The van der Waals surface area contributed by atoms with Gasteiger partial charge < -0.3 is 20.5 Å². The van der Waals surface area contributed by atoms with Gasteiger partial charge in [0, 0.05) is 18.8 Å². The number of hydrogen-bond donors (Lipinski definition) is 3. The number of phenols is 1. The van der Waals surface area contributed by atoms with Crippen molar-refractivity contribution in [1.29, 1.82) is 0 Å². The Bertz CT molecular complexity index is 1040. The Balaban J connectivity index is 1.75. The molecule has 7 heteroatoms. The molecule has 0 spiro atoms. The smallest absolute Gasteiger partial charge is 0.191 e. The Hall–Kier alpha value is -3.48. The fourth-order valence-corrected chi connectivity index (χ4v) is 3.36. The van der Waals surface area contributed by atoms with Gasteiger partial charge in [0.2, 0.25) is 0 Å². The molecule has 0 aliphatic rings. The maximum Gasteiger partial charge on any atom is 0.191 e. The van der Waals surface area contributed by atoms with Crippen LogP contribution in [-0.4, -0.2) is 34.0 Å². The number of hydrogen-bond acceptors (Lipinski definition) is 4. The topological polar surface area (TPSA) is 83.7 Å². The predicted octanol–water partition coefficient (Wildman–Crippen LogP) is 3.85. The van der Waals surface area contributed by atoms with E-state index in [9.17, 15) is 5.11 Å². The Kier molecular flexibility index (Phi) is 7.54. The minimum absolute atomic E-state index is 0.139. The minimum Gasteiger partial charge on any atom is -0.504 e. The van der Waals surface area contributed by atoms with Crippen LogP contribution >= 0.6 is 0 Å². The molecule has 0 amide bonds. The lowest BCUT2D eigenvalue weighted by Gasteiger charge is -2.15. The molecular weight excluding hydrogens is 390 g/mol. The van der Waals surface area contributed by atoms with Crippen molar-refractivity contribution in [2.75, 3.05) is 13.2 Å². The number of ether oxygens (including phenoxy) is 1. The van der Waals surface area contributed by atoms with Crippen LogP contribution in [0.15, 0.2) is 53.5 Å². The molecule has 0 radical (unpaired) electrons. The maximum absolute atomic E-state index is 9.89. The molecule has 0 aliphatic heterocycles. The normalized spacial score (nSPS) is 11.4. The van der Waals surface area contributed by atoms with Crippen LogP contribution < -0.4 is 15.4 Å². The van der Waals surface area contributed by atoms with E-state index in [2.05, 4.69) is 45.8 Å². The van der Waals surface area contributed by atoms with Crippen LogP contribution in [0.5, 0.6) is 11.5 Å². The number of para-hydroxylation sites is 1. The van der Waals surface area contributed by atoms with Gasteiger partial charge in [-0.25, -0.2) is 9.67 Å². The van der Waals surface area contributed by atoms with Crippen molar-refractivity contribution < 1.29 is 9.84 Å². The van der Waals surface area contributed by atoms with Gasteiger partial charge in [0.25, 0.3) is 0 Å². The molecule has 2 aromatic carbocycles. The van der Waals surface area contributed by atoms with Gasteiger partial charge in [0.15, 0.2) is 17.5 Å². The molecule has 3 rings (SSSR count). The van der Waals surface area contributed by atoms with E-state index in [0.29, 0.717) is 25.4 Å². The summed E-state index contributed by atoms with van der Waals surface area (Å²) in [7, 11) is 0. The van der Waals surface area contributed by atoms with E-state index in [4.69, 9.17) is 4.74 Å². The number of benzene rings is 2. The highest BCUT2D eigenvalue weighted by molar-refractivity contribution is 5.79. The fourth-order valence-electron chi connectivity index (χ4n) is 3.36. The number of aromatic nitrogens is 2. The quantitative estimate of drug-likeness (QED) is 0.380. The molecule has 1 aromatic heterocycles. The van der Waals surface area contributed by atoms with E-state index in [1.54, 1.807) is 6.07 Å². The number of rotatable bonds is 8.